The summed E-state index contributed by atoms with van der Waals surface area (Å²) in [5.41, 5.74) is 0. The van der Waals surface area contributed by atoms with E-state index in [2.05, 4.69) is 9.68 Å². The lowest BCUT2D eigenvalue weighted by Gasteiger charge is -2.16. The average Bonchev–Trinajstić information content (AvgIpc) is 2.41. The lowest BCUT2D eigenvalue weighted by atomic mass is 10.3. The second-order valence-electron chi connectivity index (χ2n) is 3.43. The van der Waals surface area contributed by atoms with E-state index in [9.17, 15) is 20.2 Å². The van der Waals surface area contributed by atoms with Crippen LogP contribution in [0, 0.1) is 20.2 Å². The fraction of sp³-hybridized carbons (Fsp3) is 0.400. The molecule has 0 aliphatic carbocycles. The molecule has 10 heteroatoms. The monoisotopic (exact) mass is 288 g/mol. The SMILES string of the molecule is COc1ccccc1OCC(CO[N+](=O)[O-])O[N+](=O)[O-]. The summed E-state index contributed by atoms with van der Waals surface area (Å²) in [6, 6.07) is 6.60. The number of para-hydroxylation sites is 2. The number of benzene rings is 1. The predicted octanol–water partition coefficient (Wildman–Crippen LogP) is 0.859. The Morgan fingerprint density at radius 1 is 1.10 bits per heavy atom. The van der Waals surface area contributed by atoms with E-state index in [0.717, 1.165) is 0 Å². The molecule has 0 aromatic heterocycles. The van der Waals surface area contributed by atoms with Gasteiger partial charge in [0.15, 0.2) is 17.6 Å². The molecule has 1 rings (SSSR count). The number of rotatable bonds is 9. The van der Waals surface area contributed by atoms with E-state index in [-0.39, 0.29) is 6.61 Å². The summed E-state index contributed by atoms with van der Waals surface area (Å²) < 4.78 is 10.3. The molecule has 1 atom stereocenters. The van der Waals surface area contributed by atoms with E-state index in [1.54, 1.807) is 24.3 Å². The number of hydrogen-bond donors (Lipinski definition) is 0. The topological polar surface area (TPSA) is 123 Å². The molecule has 0 spiro atoms. The molecule has 1 unspecified atom stereocenters. The molecular weight excluding hydrogens is 276 g/mol. The second kappa shape index (κ2) is 7.61. The lowest BCUT2D eigenvalue weighted by molar-refractivity contribution is -0.790. The highest BCUT2D eigenvalue weighted by Gasteiger charge is 2.17. The van der Waals surface area contributed by atoms with Crippen LogP contribution in [0.4, 0.5) is 0 Å². The maximum absolute atomic E-state index is 10.3. The van der Waals surface area contributed by atoms with Crippen molar-refractivity contribution in [3.8, 4) is 11.5 Å². The standard InChI is InChI=1S/C10H12N2O8/c1-17-9-4-2-3-5-10(9)18-6-8(20-12(15)16)7-19-11(13)14/h2-5,8H,6-7H2,1H3. The highest BCUT2D eigenvalue weighted by Crippen LogP contribution is 2.25. The molecule has 0 aliphatic rings. The average molecular weight is 288 g/mol. The van der Waals surface area contributed by atoms with Gasteiger partial charge in [-0.3, -0.25) is 0 Å². The molecule has 0 heterocycles. The summed E-state index contributed by atoms with van der Waals surface area (Å²) >= 11 is 0. The Morgan fingerprint density at radius 2 is 1.75 bits per heavy atom. The van der Waals surface area contributed by atoms with Gasteiger partial charge in [-0.15, -0.1) is 20.2 Å². The van der Waals surface area contributed by atoms with Gasteiger partial charge in [0.25, 0.3) is 10.2 Å². The van der Waals surface area contributed by atoms with Crippen LogP contribution in [0.5, 0.6) is 11.5 Å². The zero-order valence-corrected chi connectivity index (χ0v) is 10.5. The van der Waals surface area contributed by atoms with Crippen molar-refractivity contribution >= 4 is 0 Å². The van der Waals surface area contributed by atoms with Crippen LogP contribution in [0.1, 0.15) is 0 Å². The molecule has 0 fully saturated rings. The third-order valence-corrected chi connectivity index (χ3v) is 2.09. The summed E-state index contributed by atoms with van der Waals surface area (Å²) in [6.45, 7) is -0.932. The Kier molecular flexibility index (Phi) is 5.81. The normalized spacial score (nSPS) is 11.2. The Hall–Kier alpha value is -2.78. The van der Waals surface area contributed by atoms with Crippen molar-refractivity contribution in [3.63, 3.8) is 0 Å². The smallest absolute Gasteiger partial charge is 0.294 e. The Labute approximate surface area is 113 Å². The van der Waals surface area contributed by atoms with Gasteiger partial charge in [0.2, 0.25) is 0 Å². The van der Waals surface area contributed by atoms with Gasteiger partial charge in [0.1, 0.15) is 13.2 Å². The Bertz CT molecular complexity index is 466. The Morgan fingerprint density at radius 3 is 2.30 bits per heavy atom. The largest absolute Gasteiger partial charge is 0.493 e. The molecule has 0 saturated heterocycles. The summed E-state index contributed by atoms with van der Waals surface area (Å²) in [5, 5.41) is 18.2. The van der Waals surface area contributed by atoms with Crippen molar-refractivity contribution in [1.29, 1.82) is 0 Å². The molecule has 0 N–H and O–H groups in total. The van der Waals surface area contributed by atoms with Gasteiger partial charge in [-0.2, -0.15) is 0 Å². The summed E-state index contributed by atoms with van der Waals surface area (Å²) in [4.78, 5) is 28.6. The van der Waals surface area contributed by atoms with Crippen LogP contribution in [-0.4, -0.2) is 36.6 Å². The first kappa shape index (κ1) is 15.3. The van der Waals surface area contributed by atoms with Crippen LogP contribution in [0.2, 0.25) is 0 Å². The van der Waals surface area contributed by atoms with Gasteiger partial charge < -0.3 is 19.1 Å². The van der Waals surface area contributed by atoms with Crippen LogP contribution in [0.15, 0.2) is 24.3 Å². The maximum atomic E-state index is 10.3. The quantitative estimate of drug-likeness (QED) is 0.484. The van der Waals surface area contributed by atoms with Crippen LogP contribution in [-0.2, 0) is 9.68 Å². The molecule has 1 aromatic carbocycles. The van der Waals surface area contributed by atoms with Gasteiger partial charge in [0, 0.05) is 0 Å². The summed E-state index contributed by atoms with van der Waals surface area (Å²) in [5.74, 6) is 0.746. The van der Waals surface area contributed by atoms with Crippen molar-refractivity contribution in [2.75, 3.05) is 20.3 Å². The molecule has 0 amide bonds. The highest BCUT2D eigenvalue weighted by molar-refractivity contribution is 5.39. The number of ether oxygens (including phenoxy) is 2. The zero-order chi connectivity index (χ0) is 15.0. The van der Waals surface area contributed by atoms with Crippen LogP contribution < -0.4 is 9.47 Å². The van der Waals surface area contributed by atoms with Gasteiger partial charge in [-0.05, 0) is 12.1 Å². The van der Waals surface area contributed by atoms with E-state index < -0.39 is 22.9 Å². The molecule has 0 aliphatic heterocycles. The zero-order valence-electron chi connectivity index (χ0n) is 10.5. The van der Waals surface area contributed by atoms with Crippen LogP contribution in [0.3, 0.4) is 0 Å². The fourth-order valence-corrected chi connectivity index (χ4v) is 1.30. The maximum Gasteiger partial charge on any atom is 0.294 e. The summed E-state index contributed by atoms with van der Waals surface area (Å²) in [7, 11) is 1.43. The molecular formula is C10H12N2O8. The first-order valence-electron chi connectivity index (χ1n) is 5.37. The minimum atomic E-state index is -1.24. The van der Waals surface area contributed by atoms with Crippen molar-refractivity contribution < 1.29 is 29.3 Å². The fourth-order valence-electron chi connectivity index (χ4n) is 1.30. The second-order valence-corrected chi connectivity index (χ2v) is 3.43. The number of methoxy groups -OCH3 is 1. The Balaban J connectivity index is 2.60. The summed E-state index contributed by atoms with van der Waals surface area (Å²) in [6.07, 6.45) is -1.24. The van der Waals surface area contributed by atoms with Crippen molar-refractivity contribution in [3.05, 3.63) is 44.5 Å². The first-order chi connectivity index (χ1) is 9.52. The van der Waals surface area contributed by atoms with Crippen molar-refractivity contribution in [1.82, 2.24) is 0 Å². The van der Waals surface area contributed by atoms with E-state index in [1.807, 2.05) is 0 Å². The molecule has 10 nitrogen and oxygen atoms in total. The van der Waals surface area contributed by atoms with Gasteiger partial charge in [-0.1, -0.05) is 12.1 Å². The van der Waals surface area contributed by atoms with Crippen LogP contribution in [0.25, 0.3) is 0 Å². The van der Waals surface area contributed by atoms with E-state index in [4.69, 9.17) is 9.47 Å². The minimum absolute atomic E-state index is 0.310. The molecule has 0 saturated carbocycles. The van der Waals surface area contributed by atoms with Gasteiger partial charge >= 0.3 is 0 Å². The van der Waals surface area contributed by atoms with Crippen molar-refractivity contribution in [2.45, 2.75) is 6.10 Å². The number of nitrogens with zero attached hydrogens (tertiary/aromatic N) is 2. The lowest BCUT2D eigenvalue weighted by Crippen LogP contribution is -2.30. The van der Waals surface area contributed by atoms with Crippen molar-refractivity contribution in [2.24, 2.45) is 0 Å². The van der Waals surface area contributed by atoms with E-state index in [0.29, 0.717) is 11.5 Å². The minimum Gasteiger partial charge on any atom is -0.493 e. The van der Waals surface area contributed by atoms with Crippen LogP contribution >= 0.6 is 0 Å². The third kappa shape index (κ3) is 5.25. The molecule has 1 aromatic rings. The first-order valence-corrected chi connectivity index (χ1v) is 5.37. The van der Waals surface area contributed by atoms with E-state index >= 15 is 0 Å². The molecule has 0 bridgehead atoms. The number of hydrogen-bond acceptors (Lipinski definition) is 8. The third-order valence-electron chi connectivity index (χ3n) is 2.09. The molecule has 0 radical (unpaired) electrons. The highest BCUT2D eigenvalue weighted by atomic mass is 17.0. The van der Waals surface area contributed by atoms with Gasteiger partial charge in [0.05, 0.1) is 7.11 Å². The molecule has 20 heavy (non-hydrogen) atoms. The molecule has 110 valence electrons. The predicted molar refractivity (Wildman–Crippen MR) is 63.3 cm³/mol. The van der Waals surface area contributed by atoms with Gasteiger partial charge in [-0.25, -0.2) is 0 Å². The van der Waals surface area contributed by atoms with E-state index in [1.165, 1.54) is 7.11 Å².